The van der Waals surface area contributed by atoms with Crippen LogP contribution in [0, 0.1) is 18.7 Å². The fourth-order valence-corrected chi connectivity index (χ4v) is 3.63. The van der Waals surface area contributed by atoms with Crippen molar-refractivity contribution in [3.05, 3.63) is 23.5 Å². The monoisotopic (exact) mass is 354 g/mol. The Morgan fingerprint density at radius 1 is 1.36 bits per heavy atom. The third-order valence-corrected chi connectivity index (χ3v) is 4.84. The van der Waals surface area contributed by atoms with Crippen molar-refractivity contribution in [2.75, 3.05) is 13.7 Å². The Morgan fingerprint density at radius 2 is 1.95 bits per heavy atom. The normalized spacial score (nSPS) is 12.9. The van der Waals surface area contributed by atoms with Gasteiger partial charge in [0.05, 0.1) is 12.0 Å². The zero-order valence-electron chi connectivity index (χ0n) is 13.2. The molecular formula is C14H24ClFN2O3S. The molecule has 128 valence electrons. The number of nitrogens with two attached hydrogens (primary N) is 1. The molecule has 0 heterocycles. The van der Waals surface area contributed by atoms with E-state index in [0.29, 0.717) is 12.3 Å². The lowest BCUT2D eigenvalue weighted by atomic mass is 10.1. The van der Waals surface area contributed by atoms with E-state index in [1.54, 1.807) is 0 Å². The summed E-state index contributed by atoms with van der Waals surface area (Å²) in [5.74, 6) is -0.354. The van der Waals surface area contributed by atoms with E-state index in [0.717, 1.165) is 0 Å². The lowest BCUT2D eigenvalue weighted by Gasteiger charge is -2.20. The van der Waals surface area contributed by atoms with Crippen molar-refractivity contribution < 1.29 is 17.5 Å². The Balaban J connectivity index is 0.00000441. The van der Waals surface area contributed by atoms with Crippen LogP contribution in [0.25, 0.3) is 0 Å². The first kappa shape index (κ1) is 21.1. The molecule has 8 heteroatoms. The number of ether oxygens (including phenoxy) is 1. The van der Waals surface area contributed by atoms with Gasteiger partial charge in [-0.3, -0.25) is 0 Å². The van der Waals surface area contributed by atoms with Crippen molar-refractivity contribution in [2.24, 2.45) is 11.7 Å². The smallest absolute Gasteiger partial charge is 0.241 e. The van der Waals surface area contributed by atoms with E-state index in [-0.39, 0.29) is 41.2 Å². The highest BCUT2D eigenvalue weighted by molar-refractivity contribution is 7.89. The Labute approximate surface area is 137 Å². The molecule has 0 saturated carbocycles. The van der Waals surface area contributed by atoms with E-state index in [2.05, 4.69) is 4.72 Å². The summed E-state index contributed by atoms with van der Waals surface area (Å²) >= 11 is 0. The fraction of sp³-hybridized carbons (Fsp3) is 0.571. The molecule has 0 saturated heterocycles. The molecule has 1 aromatic carbocycles. The van der Waals surface area contributed by atoms with Crippen LogP contribution in [0.15, 0.2) is 17.0 Å². The molecule has 1 unspecified atom stereocenters. The van der Waals surface area contributed by atoms with E-state index < -0.39 is 15.8 Å². The van der Waals surface area contributed by atoms with Crippen LogP contribution in [0.1, 0.15) is 25.8 Å². The second kappa shape index (κ2) is 8.67. The van der Waals surface area contributed by atoms with Crippen LogP contribution in [0.3, 0.4) is 0 Å². The number of nitrogens with one attached hydrogen (secondary N) is 1. The third kappa shape index (κ3) is 5.08. The maximum absolute atomic E-state index is 14.0. The highest BCUT2D eigenvalue weighted by Gasteiger charge is 2.24. The SMILES string of the molecule is COc1ccc(S(=O)(=O)NC(CN)CC(C)C)c(C)c1F.Cl. The Kier molecular flexibility index (Phi) is 8.32. The molecule has 0 amide bonds. The van der Waals surface area contributed by atoms with Crippen LogP contribution >= 0.6 is 12.4 Å². The molecular weight excluding hydrogens is 331 g/mol. The lowest BCUT2D eigenvalue weighted by molar-refractivity contribution is 0.383. The van der Waals surface area contributed by atoms with E-state index in [4.69, 9.17) is 10.5 Å². The molecule has 0 spiro atoms. The minimum absolute atomic E-state index is 0. The van der Waals surface area contributed by atoms with E-state index >= 15 is 0 Å². The Hall–Kier alpha value is -0.890. The molecule has 0 aromatic heterocycles. The number of sulfonamides is 1. The first-order chi connectivity index (χ1) is 9.72. The Morgan fingerprint density at radius 3 is 2.41 bits per heavy atom. The summed E-state index contributed by atoms with van der Waals surface area (Å²) in [6, 6.07) is 2.26. The van der Waals surface area contributed by atoms with Gasteiger partial charge in [0.15, 0.2) is 11.6 Å². The van der Waals surface area contributed by atoms with Crippen LogP contribution in [0.2, 0.25) is 0 Å². The average molecular weight is 355 g/mol. The molecule has 3 N–H and O–H groups in total. The topological polar surface area (TPSA) is 81.4 Å². The van der Waals surface area contributed by atoms with Crippen LogP contribution in [-0.4, -0.2) is 28.1 Å². The van der Waals surface area contributed by atoms with Gasteiger partial charge in [0.1, 0.15) is 0 Å². The predicted octanol–water partition coefficient (Wildman–Crippen LogP) is 2.22. The van der Waals surface area contributed by atoms with E-state index in [1.165, 1.54) is 26.2 Å². The van der Waals surface area contributed by atoms with Crippen LogP contribution in [0.4, 0.5) is 4.39 Å². The van der Waals surface area contributed by atoms with Crippen molar-refractivity contribution in [1.82, 2.24) is 4.72 Å². The summed E-state index contributed by atoms with van der Waals surface area (Å²) in [6.45, 7) is 5.56. The summed E-state index contributed by atoms with van der Waals surface area (Å²) in [6.07, 6.45) is 0.618. The maximum atomic E-state index is 14.0. The zero-order chi connectivity index (χ0) is 16.2. The number of hydrogen-bond acceptors (Lipinski definition) is 4. The highest BCUT2D eigenvalue weighted by atomic mass is 35.5. The van der Waals surface area contributed by atoms with Crippen LogP contribution < -0.4 is 15.2 Å². The van der Waals surface area contributed by atoms with E-state index in [1.807, 2.05) is 13.8 Å². The molecule has 1 rings (SSSR count). The summed E-state index contributed by atoms with van der Waals surface area (Å²) in [5.41, 5.74) is 5.63. The van der Waals surface area contributed by atoms with Crippen LogP contribution in [0.5, 0.6) is 5.75 Å². The second-order valence-corrected chi connectivity index (χ2v) is 7.07. The van der Waals surface area contributed by atoms with E-state index in [9.17, 15) is 12.8 Å². The van der Waals surface area contributed by atoms with Gasteiger partial charge in [-0.15, -0.1) is 12.4 Å². The molecule has 0 bridgehead atoms. The van der Waals surface area contributed by atoms with Crippen molar-refractivity contribution in [2.45, 2.75) is 38.1 Å². The predicted molar refractivity (Wildman–Crippen MR) is 87.6 cm³/mol. The van der Waals surface area contributed by atoms with Crippen LogP contribution in [-0.2, 0) is 10.0 Å². The fourth-order valence-electron chi connectivity index (χ4n) is 2.14. The second-order valence-electron chi connectivity index (χ2n) is 5.39. The van der Waals surface area contributed by atoms with Crippen molar-refractivity contribution in [1.29, 1.82) is 0 Å². The van der Waals surface area contributed by atoms with Gasteiger partial charge in [-0.25, -0.2) is 17.5 Å². The zero-order valence-corrected chi connectivity index (χ0v) is 14.9. The highest BCUT2D eigenvalue weighted by Crippen LogP contribution is 2.26. The molecule has 0 aliphatic rings. The molecule has 1 aromatic rings. The Bertz CT molecular complexity index is 594. The lowest BCUT2D eigenvalue weighted by Crippen LogP contribution is -2.41. The summed E-state index contributed by atoms with van der Waals surface area (Å²) in [7, 11) is -2.49. The van der Waals surface area contributed by atoms with Crippen molar-refractivity contribution >= 4 is 22.4 Å². The molecule has 0 radical (unpaired) electrons. The van der Waals surface area contributed by atoms with Gasteiger partial charge in [-0.05, 0) is 31.4 Å². The number of halogens is 2. The molecule has 0 aliphatic heterocycles. The van der Waals surface area contributed by atoms with Gasteiger partial charge in [0, 0.05) is 18.2 Å². The summed E-state index contributed by atoms with van der Waals surface area (Å²) < 4.78 is 46.1. The summed E-state index contributed by atoms with van der Waals surface area (Å²) in [4.78, 5) is -0.0944. The largest absolute Gasteiger partial charge is 0.494 e. The molecule has 1 atom stereocenters. The van der Waals surface area contributed by atoms with Gasteiger partial charge < -0.3 is 10.5 Å². The van der Waals surface area contributed by atoms with Crippen molar-refractivity contribution in [3.63, 3.8) is 0 Å². The number of methoxy groups -OCH3 is 1. The summed E-state index contributed by atoms with van der Waals surface area (Å²) in [5, 5.41) is 0. The first-order valence-corrected chi connectivity index (χ1v) is 8.26. The maximum Gasteiger partial charge on any atom is 0.241 e. The number of hydrogen-bond donors (Lipinski definition) is 2. The van der Waals surface area contributed by atoms with Gasteiger partial charge in [0.2, 0.25) is 10.0 Å². The van der Waals surface area contributed by atoms with Gasteiger partial charge >= 0.3 is 0 Å². The average Bonchev–Trinajstić information content (AvgIpc) is 2.39. The molecule has 5 nitrogen and oxygen atoms in total. The van der Waals surface area contributed by atoms with Gasteiger partial charge in [-0.1, -0.05) is 13.8 Å². The first-order valence-electron chi connectivity index (χ1n) is 6.78. The van der Waals surface area contributed by atoms with Gasteiger partial charge in [-0.2, -0.15) is 0 Å². The quantitative estimate of drug-likeness (QED) is 0.786. The molecule has 0 fully saturated rings. The standard InChI is InChI=1S/C14H23FN2O3S.ClH/c1-9(2)7-11(8-16)17-21(18,19)13-6-5-12(20-4)14(15)10(13)3;/h5-6,9,11,17H,7-8,16H2,1-4H3;1H. The number of rotatable bonds is 7. The minimum Gasteiger partial charge on any atom is -0.494 e. The van der Waals surface area contributed by atoms with Gasteiger partial charge in [0.25, 0.3) is 0 Å². The third-order valence-electron chi connectivity index (χ3n) is 3.17. The molecule has 0 aliphatic carbocycles. The number of benzene rings is 1. The molecule has 22 heavy (non-hydrogen) atoms. The minimum atomic E-state index is -3.82. The van der Waals surface area contributed by atoms with Crippen molar-refractivity contribution in [3.8, 4) is 5.75 Å².